The molecule has 1 aromatic heterocycles. The van der Waals surface area contributed by atoms with Crippen molar-refractivity contribution in [1.82, 2.24) is 20.0 Å². The van der Waals surface area contributed by atoms with E-state index in [1.807, 2.05) is 5.32 Å². The third kappa shape index (κ3) is 5.77. The summed E-state index contributed by atoms with van der Waals surface area (Å²) < 4.78 is 79.7. The maximum atomic E-state index is 13.5. The van der Waals surface area contributed by atoms with Gasteiger partial charge in [0.25, 0.3) is 11.8 Å². The Bertz CT molecular complexity index is 1160. The zero-order valence-corrected chi connectivity index (χ0v) is 18.4. The molecule has 0 saturated carbocycles. The van der Waals surface area contributed by atoms with Gasteiger partial charge in [0.1, 0.15) is 6.04 Å². The molecule has 2 amide bonds. The fourth-order valence-corrected chi connectivity index (χ4v) is 3.92. The standard InChI is InChI=1S/C20H18F5N5O3S/c1-34(33)14-4-2-12(3-5-14)9-29-10-15(17(28-29)20(23,24)25)18(32)27-8-16(31)30-11-19(21,22)6-13(30)7-26/h2-5,10,13H,6,8-9,11H2,1H3,(H,27,32)/t13-,34?/m0/s1. The van der Waals surface area contributed by atoms with Crippen molar-refractivity contribution in [2.45, 2.75) is 36.0 Å². The van der Waals surface area contributed by atoms with Gasteiger partial charge in [-0.15, -0.1) is 0 Å². The number of nitriles is 1. The number of carbonyl (C=O) groups is 2. The summed E-state index contributed by atoms with van der Waals surface area (Å²) in [6.07, 6.45) is -3.50. The second-order valence-electron chi connectivity index (χ2n) is 7.59. The van der Waals surface area contributed by atoms with E-state index in [-0.39, 0.29) is 6.54 Å². The Morgan fingerprint density at radius 2 is 1.94 bits per heavy atom. The Hall–Kier alpha value is -3.34. The molecule has 2 heterocycles. The van der Waals surface area contributed by atoms with E-state index < -0.39 is 71.5 Å². The first-order chi connectivity index (χ1) is 15.8. The van der Waals surface area contributed by atoms with Crippen LogP contribution in [0, 0.1) is 11.3 Å². The number of carbonyl (C=O) groups excluding carboxylic acids is 2. The van der Waals surface area contributed by atoms with Crippen LogP contribution in [-0.4, -0.2) is 62.0 Å². The highest BCUT2D eigenvalue weighted by molar-refractivity contribution is 7.84. The fraction of sp³-hybridized carbons (Fsp3) is 0.400. The number of hydrogen-bond acceptors (Lipinski definition) is 5. The molecule has 182 valence electrons. The van der Waals surface area contributed by atoms with Crippen molar-refractivity contribution in [3.8, 4) is 6.07 Å². The van der Waals surface area contributed by atoms with Gasteiger partial charge in [0, 0.05) is 34.6 Å². The lowest BCUT2D eigenvalue weighted by molar-refractivity contribution is -0.141. The molecule has 0 radical (unpaired) electrons. The van der Waals surface area contributed by atoms with E-state index >= 15 is 0 Å². The fourth-order valence-electron chi connectivity index (χ4n) is 3.40. The van der Waals surface area contributed by atoms with Gasteiger partial charge in [0.2, 0.25) is 5.91 Å². The minimum atomic E-state index is -4.98. The number of rotatable bonds is 6. The van der Waals surface area contributed by atoms with Crippen molar-refractivity contribution in [2.24, 2.45) is 0 Å². The van der Waals surface area contributed by atoms with Gasteiger partial charge in [0.15, 0.2) is 5.69 Å². The topological polar surface area (TPSA) is 108 Å². The summed E-state index contributed by atoms with van der Waals surface area (Å²) in [6.45, 7) is -2.01. The van der Waals surface area contributed by atoms with Crippen LogP contribution >= 0.6 is 0 Å². The second-order valence-corrected chi connectivity index (χ2v) is 8.97. The minimum absolute atomic E-state index is 0.126. The summed E-state index contributed by atoms with van der Waals surface area (Å²) in [5, 5.41) is 14.4. The largest absolute Gasteiger partial charge is 0.435 e. The number of hydrogen-bond donors (Lipinski definition) is 1. The smallest absolute Gasteiger partial charge is 0.343 e. The SMILES string of the molecule is CS(=O)c1ccc(Cn2cc(C(=O)NCC(=O)N3CC(F)(F)C[C@H]3C#N)c(C(F)(F)F)n2)cc1. The van der Waals surface area contributed by atoms with E-state index in [4.69, 9.17) is 5.26 Å². The summed E-state index contributed by atoms with van der Waals surface area (Å²) in [5.41, 5.74) is -1.80. The Kier molecular flexibility index (Phi) is 7.06. The summed E-state index contributed by atoms with van der Waals surface area (Å²) >= 11 is 0. The summed E-state index contributed by atoms with van der Waals surface area (Å²) in [7, 11) is -1.23. The van der Waals surface area contributed by atoms with Crippen LogP contribution in [0.1, 0.15) is 28.0 Å². The molecule has 34 heavy (non-hydrogen) atoms. The monoisotopic (exact) mass is 503 g/mol. The van der Waals surface area contributed by atoms with Crippen LogP contribution in [0.3, 0.4) is 0 Å². The van der Waals surface area contributed by atoms with Gasteiger partial charge in [-0.1, -0.05) is 12.1 Å². The molecule has 0 bridgehead atoms. The van der Waals surface area contributed by atoms with E-state index in [9.17, 15) is 35.8 Å². The Balaban J connectivity index is 1.74. The normalized spacial score (nSPS) is 18.4. The predicted octanol–water partition coefficient (Wildman–Crippen LogP) is 2.18. The molecule has 1 N–H and O–H groups in total. The first-order valence-corrected chi connectivity index (χ1v) is 11.3. The number of likely N-dealkylation sites (tertiary alicyclic amines) is 1. The molecule has 1 aromatic carbocycles. The third-order valence-corrected chi connectivity index (χ3v) is 5.95. The van der Waals surface area contributed by atoms with E-state index in [0.717, 1.165) is 10.9 Å². The number of aromatic nitrogens is 2. The Morgan fingerprint density at radius 3 is 2.50 bits per heavy atom. The maximum Gasteiger partial charge on any atom is 0.435 e. The zero-order valence-electron chi connectivity index (χ0n) is 17.6. The molecule has 1 saturated heterocycles. The Morgan fingerprint density at radius 1 is 1.29 bits per heavy atom. The Labute approximate surface area is 192 Å². The molecule has 3 rings (SSSR count). The van der Waals surface area contributed by atoms with Crippen molar-refractivity contribution < 1.29 is 35.8 Å². The summed E-state index contributed by atoms with van der Waals surface area (Å²) in [5.74, 6) is -5.57. The first-order valence-electron chi connectivity index (χ1n) is 9.73. The molecule has 1 aliphatic heterocycles. The summed E-state index contributed by atoms with van der Waals surface area (Å²) in [6, 6.07) is 6.39. The minimum Gasteiger partial charge on any atom is -0.343 e. The van der Waals surface area contributed by atoms with Crippen LogP contribution in [0.25, 0.3) is 0 Å². The molecule has 14 heteroatoms. The molecule has 2 aromatic rings. The maximum absolute atomic E-state index is 13.5. The van der Waals surface area contributed by atoms with Crippen LogP contribution in [0.4, 0.5) is 22.0 Å². The van der Waals surface area contributed by atoms with Gasteiger partial charge in [-0.2, -0.15) is 23.5 Å². The number of nitrogens with one attached hydrogen (secondary N) is 1. The quantitative estimate of drug-likeness (QED) is 0.608. The van der Waals surface area contributed by atoms with Crippen LogP contribution in [0.2, 0.25) is 0 Å². The number of halogens is 5. The van der Waals surface area contributed by atoms with E-state index in [0.29, 0.717) is 15.4 Å². The van der Waals surface area contributed by atoms with Crippen molar-refractivity contribution >= 4 is 22.6 Å². The highest BCUT2D eigenvalue weighted by Crippen LogP contribution is 2.32. The molecule has 0 aliphatic carbocycles. The van der Waals surface area contributed by atoms with Crippen LogP contribution in [0.15, 0.2) is 35.4 Å². The van der Waals surface area contributed by atoms with Crippen molar-refractivity contribution in [3.05, 3.63) is 47.3 Å². The lowest BCUT2D eigenvalue weighted by atomic mass is 10.2. The number of nitrogens with zero attached hydrogens (tertiary/aromatic N) is 4. The predicted molar refractivity (Wildman–Crippen MR) is 108 cm³/mol. The zero-order chi connectivity index (χ0) is 25.3. The van der Waals surface area contributed by atoms with E-state index in [1.54, 1.807) is 30.3 Å². The van der Waals surface area contributed by atoms with Gasteiger partial charge < -0.3 is 10.2 Å². The molecule has 8 nitrogen and oxygen atoms in total. The number of alkyl halides is 5. The van der Waals surface area contributed by atoms with Gasteiger partial charge in [-0.25, -0.2) is 8.78 Å². The summed E-state index contributed by atoms with van der Waals surface area (Å²) in [4.78, 5) is 25.7. The van der Waals surface area contributed by atoms with Gasteiger partial charge in [-0.3, -0.25) is 18.5 Å². The molecule has 1 unspecified atom stereocenters. The van der Waals surface area contributed by atoms with Crippen molar-refractivity contribution in [2.75, 3.05) is 19.3 Å². The number of amides is 2. The molecule has 1 fully saturated rings. The molecule has 0 spiro atoms. The van der Waals surface area contributed by atoms with Gasteiger partial charge in [-0.05, 0) is 17.7 Å². The number of benzene rings is 1. The average Bonchev–Trinajstić information content (AvgIpc) is 3.32. The lowest BCUT2D eigenvalue weighted by Gasteiger charge is -2.19. The van der Waals surface area contributed by atoms with Crippen molar-refractivity contribution in [3.63, 3.8) is 0 Å². The van der Waals surface area contributed by atoms with Crippen LogP contribution in [-0.2, 0) is 28.3 Å². The van der Waals surface area contributed by atoms with Gasteiger partial charge >= 0.3 is 6.18 Å². The molecule has 1 aliphatic rings. The highest BCUT2D eigenvalue weighted by atomic mass is 32.2. The van der Waals surface area contributed by atoms with Crippen LogP contribution in [0.5, 0.6) is 0 Å². The highest BCUT2D eigenvalue weighted by Gasteiger charge is 2.47. The van der Waals surface area contributed by atoms with Crippen LogP contribution < -0.4 is 5.32 Å². The first kappa shape index (κ1) is 25.3. The third-order valence-electron chi connectivity index (χ3n) is 5.01. The lowest BCUT2D eigenvalue weighted by Crippen LogP contribution is -2.43. The average molecular weight is 503 g/mol. The molecular weight excluding hydrogens is 485 g/mol. The van der Waals surface area contributed by atoms with E-state index in [1.165, 1.54) is 6.26 Å². The molecule has 2 atom stereocenters. The second kappa shape index (κ2) is 9.49. The van der Waals surface area contributed by atoms with Gasteiger partial charge in [0.05, 0.1) is 31.3 Å². The van der Waals surface area contributed by atoms with E-state index in [2.05, 4.69) is 5.10 Å². The molecular formula is C20H18F5N5O3S. The van der Waals surface area contributed by atoms with Crippen molar-refractivity contribution in [1.29, 1.82) is 5.26 Å².